The third kappa shape index (κ3) is 4.35. The third-order valence-corrected chi connectivity index (χ3v) is 5.07. The second-order valence-corrected chi connectivity index (χ2v) is 7.88. The summed E-state index contributed by atoms with van der Waals surface area (Å²) < 4.78 is 5.80. The lowest BCUT2D eigenvalue weighted by Gasteiger charge is -2.39. The molecule has 0 atom stereocenters. The highest BCUT2D eigenvalue weighted by molar-refractivity contribution is 5.70. The Labute approximate surface area is 135 Å². The number of hydrogen-bond donors (Lipinski definition) is 1. The minimum absolute atomic E-state index is 0.112. The molecule has 1 spiro atoms. The van der Waals surface area contributed by atoms with Crippen LogP contribution in [0.2, 0.25) is 0 Å². The number of carbonyl (C=O) groups excluding carboxylic acids is 1. The number of likely N-dealkylation sites (tertiary alicyclic amines) is 1. The van der Waals surface area contributed by atoms with Gasteiger partial charge in [0.05, 0.1) is 6.54 Å². The first-order chi connectivity index (χ1) is 10.3. The maximum absolute atomic E-state index is 12.2. The minimum atomic E-state index is -0.252. The molecule has 2 heterocycles. The molecule has 2 aliphatic heterocycles. The number of amides is 1. The first-order valence-corrected chi connectivity index (χ1v) is 8.76. The van der Waals surface area contributed by atoms with E-state index >= 15 is 0 Å². The molecule has 0 aromatic carbocycles. The molecular weight excluding hydrogens is 278 g/mol. The number of carbonyl (C=O) groups is 1. The average molecular weight is 311 g/mol. The fourth-order valence-corrected chi connectivity index (χ4v) is 3.65. The zero-order valence-electron chi connectivity index (χ0n) is 14.7. The van der Waals surface area contributed by atoms with Gasteiger partial charge in [-0.25, -0.2) is 4.79 Å². The van der Waals surface area contributed by atoms with Crippen molar-refractivity contribution in [1.82, 2.24) is 9.80 Å². The SMILES string of the molecule is CCC(CC)CN1CC2(CCN(CC(C)(C)N)CC2)OC1=O. The Balaban J connectivity index is 1.88. The molecule has 0 aromatic rings. The largest absolute Gasteiger partial charge is 0.441 e. The van der Waals surface area contributed by atoms with Crippen molar-refractivity contribution in [3.05, 3.63) is 0 Å². The highest BCUT2D eigenvalue weighted by Gasteiger charge is 2.47. The van der Waals surface area contributed by atoms with E-state index in [1.54, 1.807) is 0 Å². The smallest absolute Gasteiger partial charge is 0.410 e. The molecule has 2 saturated heterocycles. The Morgan fingerprint density at radius 1 is 1.27 bits per heavy atom. The normalized spacial score (nSPS) is 22.6. The van der Waals surface area contributed by atoms with Crippen molar-refractivity contribution in [2.45, 2.75) is 64.5 Å². The van der Waals surface area contributed by atoms with Crippen LogP contribution in [-0.2, 0) is 4.74 Å². The van der Waals surface area contributed by atoms with Crippen molar-refractivity contribution in [2.75, 3.05) is 32.7 Å². The molecule has 0 saturated carbocycles. The first-order valence-electron chi connectivity index (χ1n) is 8.76. The zero-order chi connectivity index (χ0) is 16.4. The summed E-state index contributed by atoms with van der Waals surface area (Å²) in [7, 11) is 0. The van der Waals surface area contributed by atoms with Crippen LogP contribution in [0.3, 0.4) is 0 Å². The molecule has 1 amide bonds. The van der Waals surface area contributed by atoms with Gasteiger partial charge in [0.1, 0.15) is 5.60 Å². The maximum atomic E-state index is 12.2. The summed E-state index contributed by atoms with van der Waals surface area (Å²) in [5, 5.41) is 0. The van der Waals surface area contributed by atoms with Crippen molar-refractivity contribution in [3.8, 4) is 0 Å². The Morgan fingerprint density at radius 2 is 1.86 bits per heavy atom. The number of nitrogens with zero attached hydrogens (tertiary/aromatic N) is 2. The predicted molar refractivity (Wildman–Crippen MR) is 88.8 cm³/mol. The molecule has 2 fully saturated rings. The quantitative estimate of drug-likeness (QED) is 0.818. The van der Waals surface area contributed by atoms with Crippen LogP contribution in [0.4, 0.5) is 4.79 Å². The van der Waals surface area contributed by atoms with Crippen LogP contribution in [0, 0.1) is 5.92 Å². The summed E-state index contributed by atoms with van der Waals surface area (Å²) in [4.78, 5) is 16.5. The zero-order valence-corrected chi connectivity index (χ0v) is 14.7. The molecule has 2 aliphatic rings. The monoisotopic (exact) mass is 311 g/mol. The van der Waals surface area contributed by atoms with E-state index in [9.17, 15) is 4.79 Å². The predicted octanol–water partition coefficient (Wildman–Crippen LogP) is 2.45. The lowest BCUT2D eigenvalue weighted by molar-refractivity contribution is -0.00293. The highest BCUT2D eigenvalue weighted by atomic mass is 16.6. The molecular formula is C17H33N3O2. The Kier molecular flexibility index (Phi) is 5.38. The van der Waals surface area contributed by atoms with Crippen LogP contribution in [0.25, 0.3) is 0 Å². The Bertz CT molecular complexity index is 380. The molecule has 0 aliphatic carbocycles. The van der Waals surface area contributed by atoms with Crippen molar-refractivity contribution < 1.29 is 9.53 Å². The molecule has 0 bridgehead atoms. The van der Waals surface area contributed by atoms with Gasteiger partial charge in [0, 0.05) is 44.6 Å². The molecule has 5 nitrogen and oxygen atoms in total. The second kappa shape index (κ2) is 6.75. The summed E-state index contributed by atoms with van der Waals surface area (Å²) in [6.07, 6.45) is 3.97. The standard InChI is InChI=1S/C17H33N3O2/c1-5-14(6-2)11-20-13-17(22-15(20)21)7-9-19(10-8-17)12-16(3,4)18/h14H,5-13,18H2,1-4H3. The van der Waals surface area contributed by atoms with Crippen LogP contribution in [-0.4, -0.2) is 59.8 Å². The van der Waals surface area contributed by atoms with E-state index in [1.807, 2.05) is 4.90 Å². The van der Waals surface area contributed by atoms with Crippen molar-refractivity contribution >= 4 is 6.09 Å². The number of piperidine rings is 1. The number of ether oxygens (including phenoxy) is 1. The number of nitrogens with two attached hydrogens (primary N) is 1. The minimum Gasteiger partial charge on any atom is -0.441 e. The van der Waals surface area contributed by atoms with E-state index in [1.165, 1.54) is 0 Å². The first kappa shape index (κ1) is 17.5. The van der Waals surface area contributed by atoms with Crippen molar-refractivity contribution in [3.63, 3.8) is 0 Å². The van der Waals surface area contributed by atoms with Gasteiger partial charge in [0.25, 0.3) is 0 Å². The molecule has 0 unspecified atom stereocenters. The van der Waals surface area contributed by atoms with Crippen LogP contribution in [0.15, 0.2) is 0 Å². The summed E-state index contributed by atoms with van der Waals surface area (Å²) in [5.41, 5.74) is 5.69. The Morgan fingerprint density at radius 3 is 2.36 bits per heavy atom. The molecule has 0 radical (unpaired) electrons. The Hall–Kier alpha value is -0.810. The van der Waals surface area contributed by atoms with Gasteiger partial charge in [-0.2, -0.15) is 0 Å². The fraction of sp³-hybridized carbons (Fsp3) is 0.941. The fourth-order valence-electron chi connectivity index (χ4n) is 3.65. The van der Waals surface area contributed by atoms with Gasteiger partial charge in [-0.15, -0.1) is 0 Å². The number of rotatable bonds is 6. The van der Waals surface area contributed by atoms with Crippen molar-refractivity contribution in [1.29, 1.82) is 0 Å². The van der Waals surface area contributed by atoms with Gasteiger partial charge >= 0.3 is 6.09 Å². The highest BCUT2D eigenvalue weighted by Crippen LogP contribution is 2.34. The lowest BCUT2D eigenvalue weighted by Crippen LogP contribution is -2.52. The number of hydrogen-bond acceptors (Lipinski definition) is 4. The molecule has 2 N–H and O–H groups in total. The molecule has 0 aromatic heterocycles. The average Bonchev–Trinajstić information content (AvgIpc) is 2.74. The molecule has 128 valence electrons. The van der Waals surface area contributed by atoms with Gasteiger partial charge in [0.15, 0.2) is 0 Å². The van der Waals surface area contributed by atoms with Crippen LogP contribution in [0.1, 0.15) is 53.4 Å². The summed E-state index contributed by atoms with van der Waals surface area (Å²) in [6, 6.07) is 0. The van der Waals surface area contributed by atoms with E-state index < -0.39 is 0 Å². The van der Waals surface area contributed by atoms with Gasteiger partial charge in [-0.3, -0.25) is 0 Å². The van der Waals surface area contributed by atoms with E-state index in [0.717, 1.165) is 58.4 Å². The molecule has 5 heteroatoms. The summed E-state index contributed by atoms with van der Waals surface area (Å²) >= 11 is 0. The van der Waals surface area contributed by atoms with Gasteiger partial charge in [0.2, 0.25) is 0 Å². The van der Waals surface area contributed by atoms with Gasteiger partial charge in [-0.1, -0.05) is 26.7 Å². The van der Waals surface area contributed by atoms with Crippen LogP contribution >= 0.6 is 0 Å². The van der Waals surface area contributed by atoms with Crippen LogP contribution < -0.4 is 5.73 Å². The van der Waals surface area contributed by atoms with E-state index in [4.69, 9.17) is 10.5 Å². The van der Waals surface area contributed by atoms with E-state index in [-0.39, 0.29) is 17.2 Å². The summed E-state index contributed by atoms with van der Waals surface area (Å²) in [5.74, 6) is 0.584. The lowest BCUT2D eigenvalue weighted by atomic mass is 9.90. The van der Waals surface area contributed by atoms with Crippen molar-refractivity contribution in [2.24, 2.45) is 11.7 Å². The molecule has 22 heavy (non-hydrogen) atoms. The van der Waals surface area contributed by atoms with Gasteiger partial charge in [-0.05, 0) is 19.8 Å². The van der Waals surface area contributed by atoms with Crippen LogP contribution in [0.5, 0.6) is 0 Å². The third-order valence-electron chi connectivity index (χ3n) is 5.07. The van der Waals surface area contributed by atoms with E-state index in [2.05, 4.69) is 32.6 Å². The van der Waals surface area contributed by atoms with E-state index in [0.29, 0.717) is 5.92 Å². The van der Waals surface area contributed by atoms with Gasteiger partial charge < -0.3 is 20.3 Å². The maximum Gasteiger partial charge on any atom is 0.410 e. The molecule has 2 rings (SSSR count). The summed E-state index contributed by atoms with van der Waals surface area (Å²) in [6.45, 7) is 12.9. The second-order valence-electron chi connectivity index (χ2n) is 7.88. The topological polar surface area (TPSA) is 58.8 Å².